The SMILES string of the molecule is Cc1ccn(CCCNC(=O)CCn2cc(Cl)cn2)n1. The number of halogens is 1. The summed E-state index contributed by atoms with van der Waals surface area (Å²) in [5.41, 5.74) is 1.01. The van der Waals surface area contributed by atoms with Crippen LogP contribution < -0.4 is 5.32 Å². The number of aromatic nitrogens is 4. The molecule has 7 heteroatoms. The molecule has 6 nitrogen and oxygen atoms in total. The minimum atomic E-state index is 0.0215. The highest BCUT2D eigenvalue weighted by molar-refractivity contribution is 6.30. The number of nitrogens with one attached hydrogen (secondary N) is 1. The average molecular weight is 296 g/mol. The summed E-state index contributed by atoms with van der Waals surface area (Å²) in [6.45, 7) is 3.96. The van der Waals surface area contributed by atoms with Crippen molar-refractivity contribution in [3.63, 3.8) is 0 Å². The van der Waals surface area contributed by atoms with Crippen molar-refractivity contribution in [2.45, 2.75) is 32.9 Å². The van der Waals surface area contributed by atoms with Gasteiger partial charge in [0.2, 0.25) is 5.91 Å². The normalized spacial score (nSPS) is 10.7. The van der Waals surface area contributed by atoms with E-state index in [0.29, 0.717) is 24.5 Å². The number of aryl methyl sites for hydroxylation is 3. The molecule has 0 bridgehead atoms. The topological polar surface area (TPSA) is 64.7 Å². The smallest absolute Gasteiger partial charge is 0.221 e. The lowest BCUT2D eigenvalue weighted by molar-refractivity contribution is -0.121. The van der Waals surface area contributed by atoms with Crippen LogP contribution in [0.15, 0.2) is 24.7 Å². The van der Waals surface area contributed by atoms with Gasteiger partial charge in [-0.1, -0.05) is 11.6 Å². The van der Waals surface area contributed by atoms with Crippen molar-refractivity contribution in [2.75, 3.05) is 6.54 Å². The first-order chi connectivity index (χ1) is 9.63. The molecule has 0 spiro atoms. The summed E-state index contributed by atoms with van der Waals surface area (Å²) in [6, 6.07) is 1.97. The first kappa shape index (κ1) is 14.6. The van der Waals surface area contributed by atoms with Gasteiger partial charge in [-0.25, -0.2) is 0 Å². The van der Waals surface area contributed by atoms with Crippen molar-refractivity contribution in [2.24, 2.45) is 0 Å². The van der Waals surface area contributed by atoms with E-state index in [4.69, 9.17) is 11.6 Å². The lowest BCUT2D eigenvalue weighted by Gasteiger charge is -2.05. The Bertz CT molecular complexity index is 563. The quantitative estimate of drug-likeness (QED) is 0.790. The van der Waals surface area contributed by atoms with Crippen LogP contribution in [0.4, 0.5) is 0 Å². The second-order valence-corrected chi connectivity index (χ2v) is 5.03. The maximum Gasteiger partial charge on any atom is 0.221 e. The van der Waals surface area contributed by atoms with Gasteiger partial charge in [0.15, 0.2) is 0 Å². The van der Waals surface area contributed by atoms with Crippen molar-refractivity contribution in [1.82, 2.24) is 24.9 Å². The highest BCUT2D eigenvalue weighted by Crippen LogP contribution is 2.04. The van der Waals surface area contributed by atoms with E-state index in [0.717, 1.165) is 18.7 Å². The molecule has 0 atom stereocenters. The van der Waals surface area contributed by atoms with Gasteiger partial charge in [0, 0.05) is 38.4 Å². The number of rotatable bonds is 7. The zero-order valence-corrected chi connectivity index (χ0v) is 12.2. The lowest BCUT2D eigenvalue weighted by Crippen LogP contribution is -2.26. The molecule has 0 unspecified atom stereocenters. The monoisotopic (exact) mass is 295 g/mol. The Kier molecular flexibility index (Phi) is 5.17. The van der Waals surface area contributed by atoms with E-state index in [-0.39, 0.29) is 5.91 Å². The first-order valence-corrected chi connectivity index (χ1v) is 6.96. The van der Waals surface area contributed by atoms with Crippen LogP contribution in [0.5, 0.6) is 0 Å². The molecule has 20 heavy (non-hydrogen) atoms. The number of carbonyl (C=O) groups excluding carboxylic acids is 1. The minimum absolute atomic E-state index is 0.0215. The fourth-order valence-corrected chi connectivity index (χ4v) is 1.98. The van der Waals surface area contributed by atoms with Crippen LogP contribution in [0, 0.1) is 6.92 Å². The maximum absolute atomic E-state index is 11.6. The van der Waals surface area contributed by atoms with Crippen molar-refractivity contribution < 1.29 is 4.79 Å². The van der Waals surface area contributed by atoms with Crippen LogP contribution in [0.3, 0.4) is 0 Å². The van der Waals surface area contributed by atoms with E-state index in [1.54, 1.807) is 17.1 Å². The Morgan fingerprint density at radius 3 is 2.90 bits per heavy atom. The zero-order valence-electron chi connectivity index (χ0n) is 11.4. The minimum Gasteiger partial charge on any atom is -0.356 e. The van der Waals surface area contributed by atoms with Crippen LogP contribution in [0.2, 0.25) is 5.02 Å². The number of carbonyl (C=O) groups is 1. The largest absolute Gasteiger partial charge is 0.356 e. The van der Waals surface area contributed by atoms with Crippen LogP contribution in [-0.4, -0.2) is 32.0 Å². The zero-order chi connectivity index (χ0) is 14.4. The molecule has 2 rings (SSSR count). The number of amides is 1. The number of nitrogens with zero attached hydrogens (tertiary/aromatic N) is 4. The third-order valence-corrected chi connectivity index (χ3v) is 3.03. The molecule has 0 aliphatic carbocycles. The van der Waals surface area contributed by atoms with E-state index >= 15 is 0 Å². The van der Waals surface area contributed by atoms with E-state index in [1.807, 2.05) is 23.9 Å². The summed E-state index contributed by atoms with van der Waals surface area (Å²) in [4.78, 5) is 11.6. The summed E-state index contributed by atoms with van der Waals surface area (Å²) in [6.07, 6.45) is 6.47. The molecule has 0 aliphatic rings. The van der Waals surface area contributed by atoms with Gasteiger partial charge in [-0.3, -0.25) is 14.2 Å². The van der Waals surface area contributed by atoms with Crippen molar-refractivity contribution >= 4 is 17.5 Å². The van der Waals surface area contributed by atoms with Crippen LogP contribution in [0.25, 0.3) is 0 Å². The van der Waals surface area contributed by atoms with Gasteiger partial charge in [0.25, 0.3) is 0 Å². The Morgan fingerprint density at radius 1 is 1.40 bits per heavy atom. The van der Waals surface area contributed by atoms with Crippen molar-refractivity contribution in [3.8, 4) is 0 Å². The number of hydrogen-bond acceptors (Lipinski definition) is 3. The molecular formula is C13H18ClN5O. The van der Waals surface area contributed by atoms with Gasteiger partial charge in [0.1, 0.15) is 0 Å². The number of hydrogen-bond donors (Lipinski definition) is 1. The van der Waals surface area contributed by atoms with Crippen molar-refractivity contribution in [1.29, 1.82) is 0 Å². The second-order valence-electron chi connectivity index (χ2n) is 4.60. The third kappa shape index (κ3) is 4.70. The summed E-state index contributed by atoms with van der Waals surface area (Å²) in [5.74, 6) is 0.0215. The van der Waals surface area contributed by atoms with E-state index in [2.05, 4.69) is 15.5 Å². The molecule has 2 aromatic heterocycles. The fraction of sp³-hybridized carbons (Fsp3) is 0.462. The fourth-order valence-electron chi connectivity index (χ4n) is 1.82. The van der Waals surface area contributed by atoms with E-state index < -0.39 is 0 Å². The average Bonchev–Trinajstić information content (AvgIpc) is 3.01. The Labute approximate surface area is 122 Å². The van der Waals surface area contributed by atoms with Crippen LogP contribution in [0.1, 0.15) is 18.5 Å². The molecule has 1 amide bonds. The van der Waals surface area contributed by atoms with Gasteiger partial charge >= 0.3 is 0 Å². The summed E-state index contributed by atoms with van der Waals surface area (Å²) in [5, 5.41) is 11.8. The Hall–Kier alpha value is -1.82. The Balaban J connectivity index is 1.58. The van der Waals surface area contributed by atoms with Crippen molar-refractivity contribution in [3.05, 3.63) is 35.4 Å². The third-order valence-electron chi connectivity index (χ3n) is 2.83. The van der Waals surface area contributed by atoms with Crippen LogP contribution in [-0.2, 0) is 17.9 Å². The molecule has 0 fully saturated rings. The maximum atomic E-state index is 11.6. The standard InChI is InChI=1S/C13H18ClN5O/c1-11-3-7-18(17-11)6-2-5-15-13(20)4-8-19-10-12(14)9-16-19/h3,7,9-10H,2,4-6,8H2,1H3,(H,15,20). The van der Waals surface area contributed by atoms with Gasteiger partial charge in [-0.15, -0.1) is 0 Å². The predicted molar refractivity (Wildman–Crippen MR) is 76.4 cm³/mol. The second kappa shape index (κ2) is 7.09. The molecule has 2 heterocycles. The highest BCUT2D eigenvalue weighted by atomic mass is 35.5. The van der Waals surface area contributed by atoms with Gasteiger partial charge < -0.3 is 5.32 Å². The predicted octanol–water partition coefficient (Wildman–Crippen LogP) is 1.64. The van der Waals surface area contributed by atoms with E-state index in [1.165, 1.54) is 0 Å². The summed E-state index contributed by atoms with van der Waals surface area (Å²) < 4.78 is 3.54. The van der Waals surface area contributed by atoms with Gasteiger partial charge in [-0.05, 0) is 19.4 Å². The lowest BCUT2D eigenvalue weighted by atomic mass is 10.3. The molecule has 0 radical (unpaired) electrons. The van der Waals surface area contributed by atoms with E-state index in [9.17, 15) is 4.79 Å². The molecular weight excluding hydrogens is 278 g/mol. The molecule has 0 saturated carbocycles. The molecule has 2 aromatic rings. The Morgan fingerprint density at radius 2 is 2.25 bits per heavy atom. The molecule has 0 saturated heterocycles. The van der Waals surface area contributed by atoms with Crippen LogP contribution >= 0.6 is 11.6 Å². The van der Waals surface area contributed by atoms with Gasteiger partial charge in [0.05, 0.1) is 16.9 Å². The summed E-state index contributed by atoms with van der Waals surface area (Å²) in [7, 11) is 0. The van der Waals surface area contributed by atoms with Gasteiger partial charge in [-0.2, -0.15) is 10.2 Å². The highest BCUT2D eigenvalue weighted by Gasteiger charge is 2.02. The summed E-state index contributed by atoms with van der Waals surface area (Å²) >= 11 is 5.75. The first-order valence-electron chi connectivity index (χ1n) is 6.58. The molecule has 108 valence electrons. The molecule has 0 aromatic carbocycles. The molecule has 1 N–H and O–H groups in total. The molecule has 0 aliphatic heterocycles.